The van der Waals surface area contributed by atoms with Crippen molar-refractivity contribution in [2.24, 2.45) is 0 Å². The van der Waals surface area contributed by atoms with Gasteiger partial charge in [-0.2, -0.15) is 0 Å². The molecule has 2 rings (SSSR count). The summed E-state index contributed by atoms with van der Waals surface area (Å²) in [6.07, 6.45) is -0.172. The van der Waals surface area contributed by atoms with E-state index in [0.29, 0.717) is 13.2 Å². The van der Waals surface area contributed by atoms with Crippen molar-refractivity contribution < 1.29 is 14.2 Å². The standard InChI is InChI=1S/C20H26O3S/c1-5-21-20(22-6-2)14-24-18-9-7-8-17(13-18)23-19-11-10-15(3)12-16(19)4/h7-13,20H,5-6,14H2,1-4H3. The van der Waals surface area contributed by atoms with Crippen molar-refractivity contribution in [2.75, 3.05) is 19.0 Å². The summed E-state index contributed by atoms with van der Waals surface area (Å²) in [6.45, 7) is 9.42. The van der Waals surface area contributed by atoms with Crippen LogP contribution in [0.4, 0.5) is 0 Å². The van der Waals surface area contributed by atoms with Gasteiger partial charge in [0.05, 0.1) is 0 Å². The zero-order valence-corrected chi connectivity index (χ0v) is 15.7. The van der Waals surface area contributed by atoms with Crippen LogP contribution < -0.4 is 4.74 Å². The topological polar surface area (TPSA) is 27.7 Å². The van der Waals surface area contributed by atoms with Gasteiger partial charge in [-0.15, -0.1) is 11.8 Å². The van der Waals surface area contributed by atoms with Gasteiger partial charge in [-0.25, -0.2) is 0 Å². The first-order chi connectivity index (χ1) is 11.6. The Morgan fingerprint density at radius 3 is 2.38 bits per heavy atom. The molecule has 130 valence electrons. The third kappa shape index (κ3) is 5.86. The summed E-state index contributed by atoms with van der Waals surface area (Å²) >= 11 is 1.71. The van der Waals surface area contributed by atoms with Crippen LogP contribution in [-0.4, -0.2) is 25.3 Å². The molecule has 3 nitrogen and oxygen atoms in total. The zero-order chi connectivity index (χ0) is 17.4. The Balaban J connectivity index is 2.00. The summed E-state index contributed by atoms with van der Waals surface area (Å²) < 4.78 is 17.2. The first-order valence-corrected chi connectivity index (χ1v) is 9.32. The van der Waals surface area contributed by atoms with E-state index in [4.69, 9.17) is 14.2 Å². The molecular formula is C20H26O3S. The molecule has 0 saturated carbocycles. The Kier molecular flexibility index (Phi) is 7.63. The molecule has 0 aliphatic heterocycles. The van der Waals surface area contributed by atoms with Crippen LogP contribution in [0.2, 0.25) is 0 Å². The Labute approximate surface area is 149 Å². The van der Waals surface area contributed by atoms with Crippen molar-refractivity contribution in [1.82, 2.24) is 0 Å². The molecule has 0 fully saturated rings. The third-order valence-electron chi connectivity index (χ3n) is 3.45. The van der Waals surface area contributed by atoms with E-state index < -0.39 is 0 Å². The molecule has 4 heteroatoms. The zero-order valence-electron chi connectivity index (χ0n) is 14.9. The van der Waals surface area contributed by atoms with Crippen LogP contribution in [0.15, 0.2) is 47.4 Å². The molecule has 0 aromatic heterocycles. The van der Waals surface area contributed by atoms with E-state index in [-0.39, 0.29) is 6.29 Å². The fourth-order valence-electron chi connectivity index (χ4n) is 2.35. The molecule has 0 aliphatic rings. The maximum atomic E-state index is 6.03. The monoisotopic (exact) mass is 346 g/mol. The SMILES string of the molecule is CCOC(CSc1cccc(Oc2ccc(C)cc2C)c1)OCC. The molecular weight excluding hydrogens is 320 g/mol. The van der Waals surface area contributed by atoms with Gasteiger partial charge < -0.3 is 14.2 Å². The lowest BCUT2D eigenvalue weighted by Crippen LogP contribution is -2.19. The van der Waals surface area contributed by atoms with Crippen LogP contribution >= 0.6 is 11.8 Å². The summed E-state index contributed by atoms with van der Waals surface area (Å²) in [5.41, 5.74) is 2.38. The van der Waals surface area contributed by atoms with Gasteiger partial charge in [0.15, 0.2) is 6.29 Å². The van der Waals surface area contributed by atoms with Crippen LogP contribution in [0.3, 0.4) is 0 Å². The van der Waals surface area contributed by atoms with Gasteiger partial charge in [0.25, 0.3) is 0 Å². The first kappa shape index (κ1) is 18.8. The molecule has 0 N–H and O–H groups in total. The molecule has 0 amide bonds. The van der Waals surface area contributed by atoms with Crippen molar-refractivity contribution in [3.05, 3.63) is 53.6 Å². The van der Waals surface area contributed by atoms with Crippen LogP contribution in [-0.2, 0) is 9.47 Å². The highest BCUT2D eigenvalue weighted by molar-refractivity contribution is 7.99. The van der Waals surface area contributed by atoms with E-state index in [9.17, 15) is 0 Å². The van der Waals surface area contributed by atoms with Crippen LogP contribution in [0, 0.1) is 13.8 Å². The quantitative estimate of drug-likeness (QED) is 0.437. The van der Waals surface area contributed by atoms with Gasteiger partial charge in [0.1, 0.15) is 11.5 Å². The summed E-state index contributed by atoms with van der Waals surface area (Å²) in [5.74, 6) is 2.50. The van der Waals surface area contributed by atoms with Gasteiger partial charge >= 0.3 is 0 Å². The molecule has 2 aromatic rings. The number of hydrogen-bond acceptors (Lipinski definition) is 4. The van der Waals surface area contributed by atoms with E-state index in [1.807, 2.05) is 32.0 Å². The van der Waals surface area contributed by atoms with E-state index >= 15 is 0 Å². The largest absolute Gasteiger partial charge is 0.457 e. The van der Waals surface area contributed by atoms with E-state index in [2.05, 4.69) is 38.1 Å². The predicted molar refractivity (Wildman–Crippen MR) is 100 cm³/mol. The van der Waals surface area contributed by atoms with Gasteiger partial charge in [-0.3, -0.25) is 0 Å². The number of ether oxygens (including phenoxy) is 3. The molecule has 0 unspecified atom stereocenters. The molecule has 0 radical (unpaired) electrons. The smallest absolute Gasteiger partial charge is 0.166 e. The number of hydrogen-bond donors (Lipinski definition) is 0. The molecule has 0 bridgehead atoms. The second-order valence-corrected chi connectivity index (χ2v) is 6.59. The minimum atomic E-state index is -0.172. The Morgan fingerprint density at radius 2 is 1.71 bits per heavy atom. The molecule has 0 atom stereocenters. The van der Waals surface area contributed by atoms with Crippen LogP contribution in [0.25, 0.3) is 0 Å². The number of aryl methyl sites for hydroxylation is 2. The Morgan fingerprint density at radius 1 is 0.958 bits per heavy atom. The molecule has 24 heavy (non-hydrogen) atoms. The highest BCUT2D eigenvalue weighted by Gasteiger charge is 2.09. The van der Waals surface area contributed by atoms with Gasteiger partial charge in [-0.05, 0) is 57.5 Å². The van der Waals surface area contributed by atoms with Gasteiger partial charge in [-0.1, -0.05) is 23.8 Å². The molecule has 0 heterocycles. The Bertz CT molecular complexity index is 637. The van der Waals surface area contributed by atoms with Crippen molar-refractivity contribution >= 4 is 11.8 Å². The average molecular weight is 346 g/mol. The highest BCUT2D eigenvalue weighted by Crippen LogP contribution is 2.29. The normalized spacial score (nSPS) is 11.0. The summed E-state index contributed by atoms with van der Waals surface area (Å²) in [6, 6.07) is 14.3. The summed E-state index contributed by atoms with van der Waals surface area (Å²) in [4.78, 5) is 1.14. The van der Waals surface area contributed by atoms with E-state index in [0.717, 1.165) is 27.7 Å². The fraction of sp³-hybridized carbons (Fsp3) is 0.400. The minimum absolute atomic E-state index is 0.172. The molecule has 2 aromatic carbocycles. The van der Waals surface area contributed by atoms with E-state index in [1.54, 1.807) is 11.8 Å². The van der Waals surface area contributed by atoms with Crippen molar-refractivity contribution in [1.29, 1.82) is 0 Å². The number of rotatable bonds is 9. The second kappa shape index (κ2) is 9.72. The fourth-order valence-corrected chi connectivity index (χ4v) is 3.24. The highest BCUT2D eigenvalue weighted by atomic mass is 32.2. The molecule has 0 saturated heterocycles. The number of benzene rings is 2. The maximum Gasteiger partial charge on any atom is 0.166 e. The predicted octanol–water partition coefficient (Wildman–Crippen LogP) is 5.59. The second-order valence-electron chi connectivity index (χ2n) is 5.50. The van der Waals surface area contributed by atoms with Crippen molar-refractivity contribution in [2.45, 2.75) is 38.9 Å². The molecule has 0 spiro atoms. The maximum absolute atomic E-state index is 6.03. The van der Waals surface area contributed by atoms with Crippen molar-refractivity contribution in [3.8, 4) is 11.5 Å². The van der Waals surface area contributed by atoms with Gasteiger partial charge in [0, 0.05) is 23.9 Å². The lowest BCUT2D eigenvalue weighted by atomic mass is 10.1. The van der Waals surface area contributed by atoms with Crippen LogP contribution in [0.5, 0.6) is 11.5 Å². The molecule has 0 aliphatic carbocycles. The van der Waals surface area contributed by atoms with E-state index in [1.165, 1.54) is 5.56 Å². The average Bonchev–Trinajstić information content (AvgIpc) is 2.56. The van der Waals surface area contributed by atoms with Crippen LogP contribution in [0.1, 0.15) is 25.0 Å². The summed E-state index contributed by atoms with van der Waals surface area (Å²) in [5, 5.41) is 0. The minimum Gasteiger partial charge on any atom is -0.457 e. The lowest BCUT2D eigenvalue weighted by molar-refractivity contribution is -0.120. The number of thioether (sulfide) groups is 1. The third-order valence-corrected chi connectivity index (χ3v) is 4.48. The Hall–Kier alpha value is -1.49. The summed E-state index contributed by atoms with van der Waals surface area (Å²) in [7, 11) is 0. The van der Waals surface area contributed by atoms with Gasteiger partial charge in [0.2, 0.25) is 0 Å². The first-order valence-electron chi connectivity index (χ1n) is 8.33. The lowest BCUT2D eigenvalue weighted by Gasteiger charge is -2.16. The van der Waals surface area contributed by atoms with Crippen molar-refractivity contribution in [3.63, 3.8) is 0 Å².